The quantitative estimate of drug-likeness (QED) is 0.729. The molecule has 76 valence electrons. The standard InChI is InChI=1S/C12H16O2/c1-12(7-8-14-12)10-13-9-11-5-3-2-4-6-11/h2-6H,7-10H2,1H3. The van der Waals surface area contributed by atoms with Gasteiger partial charge in [-0.15, -0.1) is 0 Å². The van der Waals surface area contributed by atoms with Gasteiger partial charge in [0.05, 0.1) is 25.4 Å². The second-order valence-electron chi connectivity index (χ2n) is 4.03. The highest BCUT2D eigenvalue weighted by Crippen LogP contribution is 2.25. The molecule has 1 aliphatic heterocycles. The lowest BCUT2D eigenvalue weighted by molar-refractivity contribution is -0.171. The Kier molecular flexibility index (Phi) is 2.85. The van der Waals surface area contributed by atoms with Gasteiger partial charge in [0, 0.05) is 6.42 Å². The van der Waals surface area contributed by atoms with E-state index in [4.69, 9.17) is 9.47 Å². The Bertz CT molecular complexity index is 278. The predicted octanol–water partition coefficient (Wildman–Crippen LogP) is 2.38. The summed E-state index contributed by atoms with van der Waals surface area (Å²) >= 11 is 0. The van der Waals surface area contributed by atoms with Gasteiger partial charge in [-0.1, -0.05) is 30.3 Å². The van der Waals surface area contributed by atoms with Gasteiger partial charge in [0.25, 0.3) is 0 Å². The molecule has 2 rings (SSSR count). The van der Waals surface area contributed by atoms with Crippen molar-refractivity contribution in [1.82, 2.24) is 0 Å². The van der Waals surface area contributed by atoms with E-state index in [0.29, 0.717) is 13.2 Å². The highest BCUT2D eigenvalue weighted by molar-refractivity contribution is 5.13. The summed E-state index contributed by atoms with van der Waals surface area (Å²) in [5.41, 5.74) is 1.20. The van der Waals surface area contributed by atoms with Crippen LogP contribution >= 0.6 is 0 Å². The Morgan fingerprint density at radius 3 is 2.64 bits per heavy atom. The lowest BCUT2D eigenvalue weighted by atomic mass is 9.99. The van der Waals surface area contributed by atoms with Crippen LogP contribution in [-0.4, -0.2) is 18.8 Å². The van der Waals surface area contributed by atoms with Crippen molar-refractivity contribution in [3.63, 3.8) is 0 Å². The Hall–Kier alpha value is -0.860. The van der Waals surface area contributed by atoms with Crippen LogP contribution in [0.5, 0.6) is 0 Å². The zero-order valence-corrected chi connectivity index (χ0v) is 8.53. The van der Waals surface area contributed by atoms with Crippen molar-refractivity contribution < 1.29 is 9.47 Å². The second kappa shape index (κ2) is 4.11. The number of ether oxygens (including phenoxy) is 2. The van der Waals surface area contributed by atoms with E-state index in [2.05, 4.69) is 19.1 Å². The van der Waals surface area contributed by atoms with E-state index >= 15 is 0 Å². The van der Waals surface area contributed by atoms with Crippen LogP contribution < -0.4 is 0 Å². The molecule has 14 heavy (non-hydrogen) atoms. The minimum Gasteiger partial charge on any atom is -0.374 e. The Morgan fingerprint density at radius 1 is 1.36 bits per heavy atom. The van der Waals surface area contributed by atoms with Gasteiger partial charge >= 0.3 is 0 Å². The fourth-order valence-corrected chi connectivity index (χ4v) is 1.52. The highest BCUT2D eigenvalue weighted by Gasteiger charge is 2.33. The van der Waals surface area contributed by atoms with Crippen molar-refractivity contribution in [1.29, 1.82) is 0 Å². The SMILES string of the molecule is CC1(COCc2ccccc2)CCO1. The van der Waals surface area contributed by atoms with E-state index in [9.17, 15) is 0 Å². The maximum absolute atomic E-state index is 5.60. The van der Waals surface area contributed by atoms with Gasteiger partial charge in [0.1, 0.15) is 0 Å². The lowest BCUT2D eigenvalue weighted by Crippen LogP contribution is -2.44. The summed E-state index contributed by atoms with van der Waals surface area (Å²) in [7, 11) is 0. The van der Waals surface area contributed by atoms with E-state index < -0.39 is 0 Å². The first-order valence-corrected chi connectivity index (χ1v) is 5.04. The van der Waals surface area contributed by atoms with Crippen LogP contribution in [0.15, 0.2) is 30.3 Å². The fourth-order valence-electron chi connectivity index (χ4n) is 1.52. The second-order valence-corrected chi connectivity index (χ2v) is 4.03. The third-order valence-electron chi connectivity index (χ3n) is 2.60. The topological polar surface area (TPSA) is 18.5 Å². The molecule has 0 N–H and O–H groups in total. The monoisotopic (exact) mass is 192 g/mol. The number of benzene rings is 1. The maximum atomic E-state index is 5.60. The van der Waals surface area contributed by atoms with Gasteiger partial charge in [-0.3, -0.25) is 0 Å². The van der Waals surface area contributed by atoms with Crippen LogP contribution in [0.2, 0.25) is 0 Å². The Labute approximate surface area is 84.8 Å². The van der Waals surface area contributed by atoms with E-state index in [1.807, 2.05) is 18.2 Å². The third kappa shape index (κ3) is 2.34. The van der Waals surface area contributed by atoms with Gasteiger partial charge < -0.3 is 9.47 Å². The maximum Gasteiger partial charge on any atom is 0.0908 e. The molecule has 0 saturated carbocycles. The molecule has 2 heteroatoms. The van der Waals surface area contributed by atoms with Gasteiger partial charge in [-0.25, -0.2) is 0 Å². The summed E-state index contributed by atoms with van der Waals surface area (Å²) in [6, 6.07) is 10.2. The summed E-state index contributed by atoms with van der Waals surface area (Å²) in [5, 5.41) is 0. The van der Waals surface area contributed by atoms with Crippen molar-refractivity contribution in [3.05, 3.63) is 35.9 Å². The molecule has 1 aromatic rings. The lowest BCUT2D eigenvalue weighted by Gasteiger charge is -2.38. The van der Waals surface area contributed by atoms with Crippen molar-refractivity contribution in [2.24, 2.45) is 0 Å². The fraction of sp³-hybridized carbons (Fsp3) is 0.500. The van der Waals surface area contributed by atoms with Gasteiger partial charge in [-0.2, -0.15) is 0 Å². The first-order chi connectivity index (χ1) is 6.79. The molecule has 1 saturated heterocycles. The van der Waals surface area contributed by atoms with Crippen molar-refractivity contribution in [2.75, 3.05) is 13.2 Å². The summed E-state index contributed by atoms with van der Waals surface area (Å²) in [4.78, 5) is 0. The summed E-state index contributed by atoms with van der Waals surface area (Å²) in [5.74, 6) is 0. The molecular weight excluding hydrogens is 176 g/mol. The number of hydrogen-bond acceptors (Lipinski definition) is 2. The average molecular weight is 192 g/mol. The van der Waals surface area contributed by atoms with Gasteiger partial charge in [0.15, 0.2) is 0 Å². The molecular formula is C12H16O2. The zero-order chi connectivity index (χ0) is 9.86. The van der Waals surface area contributed by atoms with Crippen LogP contribution in [0, 0.1) is 0 Å². The zero-order valence-electron chi connectivity index (χ0n) is 8.53. The minimum absolute atomic E-state index is 0.0191. The number of hydrogen-bond donors (Lipinski definition) is 0. The summed E-state index contributed by atoms with van der Waals surface area (Å²) in [6.45, 7) is 4.36. The molecule has 0 amide bonds. The molecule has 0 bridgehead atoms. The molecule has 0 radical (unpaired) electrons. The molecule has 1 heterocycles. The van der Waals surface area contributed by atoms with Crippen molar-refractivity contribution in [3.8, 4) is 0 Å². The first-order valence-electron chi connectivity index (χ1n) is 5.04. The van der Waals surface area contributed by atoms with E-state index in [1.54, 1.807) is 0 Å². The highest BCUT2D eigenvalue weighted by atomic mass is 16.6. The normalized spacial score (nSPS) is 25.8. The molecule has 1 fully saturated rings. The van der Waals surface area contributed by atoms with Gasteiger partial charge in [-0.05, 0) is 12.5 Å². The molecule has 0 aliphatic carbocycles. The van der Waals surface area contributed by atoms with Crippen LogP contribution in [0.4, 0.5) is 0 Å². The minimum atomic E-state index is -0.0191. The first kappa shape index (κ1) is 9.69. The molecule has 1 aliphatic rings. The largest absolute Gasteiger partial charge is 0.374 e. The van der Waals surface area contributed by atoms with Crippen LogP contribution in [-0.2, 0) is 16.1 Å². The van der Waals surface area contributed by atoms with E-state index in [0.717, 1.165) is 13.0 Å². The molecule has 0 aromatic heterocycles. The summed E-state index contributed by atoms with van der Waals surface area (Å²) < 4.78 is 11.0. The Morgan fingerprint density at radius 2 is 2.07 bits per heavy atom. The predicted molar refractivity (Wildman–Crippen MR) is 55.1 cm³/mol. The number of rotatable bonds is 4. The average Bonchev–Trinajstić information content (AvgIpc) is 2.17. The molecule has 0 spiro atoms. The molecule has 1 atom stereocenters. The molecule has 1 aromatic carbocycles. The van der Waals surface area contributed by atoms with E-state index in [-0.39, 0.29) is 5.60 Å². The van der Waals surface area contributed by atoms with Crippen LogP contribution in [0.3, 0.4) is 0 Å². The van der Waals surface area contributed by atoms with Crippen LogP contribution in [0.1, 0.15) is 18.9 Å². The molecule has 2 nitrogen and oxygen atoms in total. The van der Waals surface area contributed by atoms with Crippen LogP contribution in [0.25, 0.3) is 0 Å². The molecule has 1 unspecified atom stereocenters. The van der Waals surface area contributed by atoms with Crippen molar-refractivity contribution >= 4 is 0 Å². The Balaban J connectivity index is 1.73. The van der Waals surface area contributed by atoms with Gasteiger partial charge in [0.2, 0.25) is 0 Å². The summed E-state index contributed by atoms with van der Waals surface area (Å²) in [6.07, 6.45) is 1.11. The third-order valence-corrected chi connectivity index (χ3v) is 2.60. The smallest absolute Gasteiger partial charge is 0.0908 e. The van der Waals surface area contributed by atoms with Crippen molar-refractivity contribution in [2.45, 2.75) is 25.6 Å². The van der Waals surface area contributed by atoms with E-state index in [1.165, 1.54) is 5.56 Å².